The van der Waals surface area contributed by atoms with E-state index in [0.29, 0.717) is 5.92 Å². The van der Waals surface area contributed by atoms with E-state index in [1.807, 2.05) is 0 Å². The minimum atomic E-state index is -4.23. The Morgan fingerprint density at radius 2 is 1.84 bits per heavy atom. The van der Waals surface area contributed by atoms with Crippen molar-refractivity contribution >= 4 is 0 Å². The number of benzene rings is 1. The van der Waals surface area contributed by atoms with Crippen LogP contribution in [-0.2, 0) is 12.6 Å². The Balaban J connectivity index is 1.80. The lowest BCUT2D eigenvalue weighted by Crippen LogP contribution is -2.04. The molecule has 1 aromatic carbocycles. The average Bonchev–Trinajstić information content (AvgIpc) is 2.39. The van der Waals surface area contributed by atoms with E-state index in [2.05, 4.69) is 12.2 Å². The average molecular weight is 268 g/mol. The Morgan fingerprint density at radius 3 is 2.42 bits per heavy atom. The zero-order valence-corrected chi connectivity index (χ0v) is 10.9. The summed E-state index contributed by atoms with van der Waals surface area (Å²) in [6, 6.07) is 5.55. The topological polar surface area (TPSA) is 0 Å². The fourth-order valence-corrected chi connectivity index (χ4v) is 2.55. The van der Waals surface area contributed by atoms with E-state index in [1.54, 1.807) is 12.1 Å². The molecule has 0 aliphatic heterocycles. The highest BCUT2D eigenvalue weighted by molar-refractivity contribution is 5.24. The molecule has 0 N–H and O–H groups in total. The zero-order chi connectivity index (χ0) is 13.7. The molecule has 2 rings (SSSR count). The molecule has 104 valence electrons. The summed E-state index contributed by atoms with van der Waals surface area (Å²) in [4.78, 5) is 0. The summed E-state index contributed by atoms with van der Waals surface area (Å²) < 4.78 is 37.2. The second-order valence-electron chi connectivity index (χ2n) is 5.21. The van der Waals surface area contributed by atoms with Crippen molar-refractivity contribution in [2.24, 2.45) is 5.92 Å². The molecule has 3 heteroatoms. The second-order valence-corrected chi connectivity index (χ2v) is 5.21. The van der Waals surface area contributed by atoms with Crippen molar-refractivity contribution in [2.45, 2.75) is 44.7 Å². The number of hydrogen-bond acceptors (Lipinski definition) is 0. The lowest BCUT2D eigenvalue weighted by molar-refractivity contribution is -0.137. The summed E-state index contributed by atoms with van der Waals surface area (Å²) in [6.07, 6.45) is 7.05. The largest absolute Gasteiger partial charge is 0.416 e. The van der Waals surface area contributed by atoms with Gasteiger partial charge in [-0.2, -0.15) is 13.2 Å². The highest BCUT2D eigenvalue weighted by Gasteiger charge is 2.29. The Hall–Kier alpha value is -1.25. The molecule has 0 bridgehead atoms. The fraction of sp³-hybridized carbons (Fsp3) is 0.500. The molecule has 0 saturated carbocycles. The van der Waals surface area contributed by atoms with Crippen molar-refractivity contribution in [3.63, 3.8) is 0 Å². The molecule has 0 heterocycles. The van der Waals surface area contributed by atoms with E-state index >= 15 is 0 Å². The number of rotatable bonds is 4. The number of alkyl halides is 3. The first kappa shape index (κ1) is 14.2. The maximum Gasteiger partial charge on any atom is 0.416 e. The molecular weight excluding hydrogens is 249 g/mol. The summed E-state index contributed by atoms with van der Waals surface area (Å²) in [7, 11) is 0. The predicted octanol–water partition coefficient (Wildman–Crippen LogP) is 5.38. The van der Waals surface area contributed by atoms with Gasteiger partial charge >= 0.3 is 6.18 Å². The van der Waals surface area contributed by atoms with E-state index < -0.39 is 11.7 Å². The number of aryl methyl sites for hydroxylation is 1. The third-order valence-corrected chi connectivity index (χ3v) is 3.68. The lowest BCUT2D eigenvalue weighted by atomic mass is 9.90. The highest BCUT2D eigenvalue weighted by atomic mass is 19.4. The van der Waals surface area contributed by atoms with Crippen molar-refractivity contribution in [1.82, 2.24) is 0 Å². The van der Waals surface area contributed by atoms with Gasteiger partial charge in [-0.15, -0.1) is 0 Å². The van der Waals surface area contributed by atoms with Crippen molar-refractivity contribution in [3.8, 4) is 0 Å². The summed E-state index contributed by atoms with van der Waals surface area (Å²) in [5.41, 5.74) is 0.430. The van der Waals surface area contributed by atoms with Gasteiger partial charge < -0.3 is 0 Å². The smallest absolute Gasteiger partial charge is 0.166 e. The SMILES string of the molecule is FC(F)(F)c1ccc(CCC[C@H]2C=CCCC2)cc1. The van der Waals surface area contributed by atoms with E-state index in [0.717, 1.165) is 24.8 Å². The minimum Gasteiger partial charge on any atom is -0.166 e. The molecule has 0 radical (unpaired) electrons. The molecule has 0 spiro atoms. The molecule has 1 aromatic rings. The molecule has 0 amide bonds. The molecular formula is C16H19F3. The van der Waals surface area contributed by atoms with Crippen LogP contribution in [0, 0.1) is 5.92 Å². The Labute approximate surface area is 112 Å². The van der Waals surface area contributed by atoms with Gasteiger partial charge in [0.25, 0.3) is 0 Å². The van der Waals surface area contributed by atoms with Crippen molar-refractivity contribution < 1.29 is 13.2 Å². The standard InChI is InChI=1S/C16H19F3/c17-16(18,19)15-11-9-14(10-12-15)8-4-7-13-5-2-1-3-6-13/h2,5,9-13H,1,3-4,6-8H2/t13-/m0/s1. The van der Waals surface area contributed by atoms with Gasteiger partial charge in [0.15, 0.2) is 0 Å². The van der Waals surface area contributed by atoms with Crippen LogP contribution in [0.2, 0.25) is 0 Å². The molecule has 1 aliphatic carbocycles. The van der Waals surface area contributed by atoms with Gasteiger partial charge in [0.2, 0.25) is 0 Å². The summed E-state index contributed by atoms with van der Waals surface area (Å²) in [6.45, 7) is 0. The van der Waals surface area contributed by atoms with Gasteiger partial charge in [0.05, 0.1) is 5.56 Å². The molecule has 0 nitrogen and oxygen atoms in total. The maximum absolute atomic E-state index is 12.4. The van der Waals surface area contributed by atoms with Crippen LogP contribution in [0.1, 0.15) is 43.2 Å². The van der Waals surface area contributed by atoms with Crippen LogP contribution in [0.3, 0.4) is 0 Å². The van der Waals surface area contributed by atoms with Crippen LogP contribution in [-0.4, -0.2) is 0 Å². The van der Waals surface area contributed by atoms with Crippen molar-refractivity contribution in [2.75, 3.05) is 0 Å². The highest BCUT2D eigenvalue weighted by Crippen LogP contribution is 2.29. The number of hydrogen-bond donors (Lipinski definition) is 0. The fourth-order valence-electron chi connectivity index (χ4n) is 2.55. The molecule has 19 heavy (non-hydrogen) atoms. The Morgan fingerprint density at radius 1 is 1.11 bits per heavy atom. The monoisotopic (exact) mass is 268 g/mol. The van der Waals surface area contributed by atoms with Crippen LogP contribution in [0.4, 0.5) is 13.2 Å². The van der Waals surface area contributed by atoms with E-state index in [-0.39, 0.29) is 0 Å². The van der Waals surface area contributed by atoms with Crippen molar-refractivity contribution in [1.29, 1.82) is 0 Å². The summed E-state index contributed by atoms with van der Waals surface area (Å²) >= 11 is 0. The third-order valence-electron chi connectivity index (χ3n) is 3.68. The van der Waals surface area contributed by atoms with E-state index in [4.69, 9.17) is 0 Å². The third kappa shape index (κ3) is 4.41. The first-order chi connectivity index (χ1) is 9.05. The summed E-state index contributed by atoms with van der Waals surface area (Å²) in [5, 5.41) is 0. The predicted molar refractivity (Wildman–Crippen MR) is 70.9 cm³/mol. The van der Waals surface area contributed by atoms with Gasteiger partial charge in [-0.25, -0.2) is 0 Å². The zero-order valence-electron chi connectivity index (χ0n) is 10.9. The van der Waals surface area contributed by atoms with Gasteiger partial charge in [0, 0.05) is 0 Å². The minimum absolute atomic E-state index is 0.563. The molecule has 0 aromatic heterocycles. The van der Waals surface area contributed by atoms with E-state index in [9.17, 15) is 13.2 Å². The maximum atomic E-state index is 12.4. The lowest BCUT2D eigenvalue weighted by Gasteiger charge is -2.15. The molecule has 1 atom stereocenters. The molecule has 0 fully saturated rings. The normalized spacial score (nSPS) is 19.6. The van der Waals surface area contributed by atoms with Gasteiger partial charge in [-0.05, 0) is 62.1 Å². The van der Waals surface area contributed by atoms with E-state index in [1.165, 1.54) is 31.4 Å². The van der Waals surface area contributed by atoms with Crippen LogP contribution >= 0.6 is 0 Å². The van der Waals surface area contributed by atoms with Gasteiger partial charge in [0.1, 0.15) is 0 Å². The van der Waals surface area contributed by atoms with Crippen LogP contribution in [0.25, 0.3) is 0 Å². The summed E-state index contributed by atoms with van der Waals surface area (Å²) in [5.74, 6) is 0.670. The second kappa shape index (κ2) is 6.27. The van der Waals surface area contributed by atoms with Crippen molar-refractivity contribution in [3.05, 3.63) is 47.5 Å². The molecule has 0 unspecified atom stereocenters. The number of allylic oxidation sites excluding steroid dienone is 2. The number of halogens is 3. The van der Waals surface area contributed by atoms with Gasteiger partial charge in [-0.3, -0.25) is 0 Å². The Bertz CT molecular complexity index is 415. The first-order valence-corrected chi connectivity index (χ1v) is 6.88. The first-order valence-electron chi connectivity index (χ1n) is 6.88. The van der Waals surface area contributed by atoms with Gasteiger partial charge in [-0.1, -0.05) is 24.3 Å². The van der Waals surface area contributed by atoms with Crippen LogP contribution in [0.5, 0.6) is 0 Å². The van der Waals surface area contributed by atoms with Crippen LogP contribution < -0.4 is 0 Å². The van der Waals surface area contributed by atoms with Crippen LogP contribution in [0.15, 0.2) is 36.4 Å². The quantitative estimate of drug-likeness (QED) is 0.643. The Kier molecular flexibility index (Phi) is 4.67. The molecule has 0 saturated heterocycles. The molecule has 1 aliphatic rings.